The molecule has 0 fully saturated rings. The molecule has 0 saturated carbocycles. The van der Waals surface area contributed by atoms with Crippen LogP contribution in [-0.4, -0.2) is 16.7 Å². The highest BCUT2D eigenvalue weighted by Crippen LogP contribution is 2.23. The molecule has 0 heterocycles. The van der Waals surface area contributed by atoms with E-state index in [1.807, 2.05) is 18.2 Å². The third kappa shape index (κ3) is 4.84. The summed E-state index contributed by atoms with van der Waals surface area (Å²) in [4.78, 5) is 35.6. The first kappa shape index (κ1) is 19.8. The summed E-state index contributed by atoms with van der Waals surface area (Å²) in [5, 5.41) is 16.8. The lowest BCUT2D eigenvalue weighted by Crippen LogP contribution is -2.24. The topological polar surface area (TPSA) is 101 Å². The average Bonchev–Trinajstić information content (AvgIpc) is 2.72. The summed E-state index contributed by atoms with van der Waals surface area (Å²) in [5.74, 6) is -0.807. The number of anilines is 1. The minimum atomic E-state index is -0.557. The van der Waals surface area contributed by atoms with Crippen molar-refractivity contribution >= 4 is 23.2 Å². The van der Waals surface area contributed by atoms with Crippen molar-refractivity contribution in [2.45, 2.75) is 13.5 Å². The molecule has 3 rings (SSSR count). The number of nitro benzene ring substituents is 1. The van der Waals surface area contributed by atoms with E-state index in [2.05, 4.69) is 10.6 Å². The maximum absolute atomic E-state index is 12.5. The smallest absolute Gasteiger partial charge is 0.285 e. The third-order valence-corrected chi connectivity index (χ3v) is 4.34. The summed E-state index contributed by atoms with van der Waals surface area (Å²) in [5.41, 5.74) is 2.05. The molecule has 0 atom stereocenters. The van der Waals surface area contributed by atoms with Gasteiger partial charge in [0.1, 0.15) is 5.56 Å². The molecule has 0 saturated heterocycles. The molecule has 2 amide bonds. The molecule has 146 valence electrons. The van der Waals surface area contributed by atoms with Crippen LogP contribution in [0.5, 0.6) is 0 Å². The number of carbonyl (C=O) groups excluding carboxylic acids is 2. The molecule has 0 aliphatic heterocycles. The van der Waals surface area contributed by atoms with Gasteiger partial charge in [-0.2, -0.15) is 0 Å². The minimum Gasteiger partial charge on any atom is -0.348 e. The highest BCUT2D eigenvalue weighted by molar-refractivity contribution is 6.04. The molecule has 29 heavy (non-hydrogen) atoms. The monoisotopic (exact) mass is 389 g/mol. The van der Waals surface area contributed by atoms with Gasteiger partial charge in [0, 0.05) is 23.4 Å². The Labute approximate surface area is 167 Å². The molecule has 0 unspecified atom stereocenters. The molecule has 7 heteroatoms. The van der Waals surface area contributed by atoms with E-state index in [9.17, 15) is 19.7 Å². The molecule has 0 aromatic heterocycles. The number of aryl methyl sites for hydroxylation is 1. The standard InChI is InChI=1S/C22H19N3O4/c1-15-7-5-12-19(20(15)25(28)29)22(27)23-14-16-8-6-9-17(13-16)21(26)24-18-10-3-2-4-11-18/h2-13H,14H2,1H3,(H,23,27)(H,24,26). The summed E-state index contributed by atoms with van der Waals surface area (Å²) < 4.78 is 0. The van der Waals surface area contributed by atoms with Crippen molar-refractivity contribution in [3.05, 3.63) is 105 Å². The predicted octanol–water partition coefficient (Wildman–Crippen LogP) is 4.09. The maximum atomic E-state index is 12.5. The first-order valence-corrected chi connectivity index (χ1v) is 8.93. The summed E-state index contributed by atoms with van der Waals surface area (Å²) >= 11 is 0. The normalized spacial score (nSPS) is 10.2. The Morgan fingerprint density at radius 3 is 2.38 bits per heavy atom. The fourth-order valence-electron chi connectivity index (χ4n) is 2.91. The van der Waals surface area contributed by atoms with Gasteiger partial charge >= 0.3 is 0 Å². The molecule has 3 aromatic rings. The summed E-state index contributed by atoms with van der Waals surface area (Å²) in [7, 11) is 0. The molecular weight excluding hydrogens is 370 g/mol. The number of nitrogens with zero attached hydrogens (tertiary/aromatic N) is 1. The minimum absolute atomic E-state index is 0.00738. The van der Waals surface area contributed by atoms with Crippen LogP contribution < -0.4 is 10.6 Å². The number of nitro groups is 1. The van der Waals surface area contributed by atoms with Gasteiger partial charge in [0.15, 0.2) is 0 Å². The molecule has 0 radical (unpaired) electrons. The molecule has 3 aromatic carbocycles. The second kappa shape index (κ2) is 8.79. The molecule has 0 bridgehead atoms. The van der Waals surface area contributed by atoms with Crippen LogP contribution in [0.1, 0.15) is 31.8 Å². The Morgan fingerprint density at radius 2 is 1.66 bits per heavy atom. The van der Waals surface area contributed by atoms with E-state index >= 15 is 0 Å². The lowest BCUT2D eigenvalue weighted by molar-refractivity contribution is -0.385. The number of carbonyl (C=O) groups is 2. The molecular formula is C22H19N3O4. The van der Waals surface area contributed by atoms with Crippen LogP contribution in [0, 0.1) is 17.0 Å². The van der Waals surface area contributed by atoms with E-state index < -0.39 is 10.8 Å². The predicted molar refractivity (Wildman–Crippen MR) is 110 cm³/mol. The molecule has 7 nitrogen and oxygen atoms in total. The van der Waals surface area contributed by atoms with Gasteiger partial charge in [0.2, 0.25) is 0 Å². The molecule has 0 aliphatic rings. The largest absolute Gasteiger partial charge is 0.348 e. The number of nitrogens with one attached hydrogen (secondary N) is 2. The van der Waals surface area contributed by atoms with Crippen LogP contribution in [0.15, 0.2) is 72.8 Å². The SMILES string of the molecule is Cc1cccc(C(=O)NCc2cccc(C(=O)Nc3ccccc3)c2)c1[N+](=O)[O-]. The summed E-state index contributed by atoms with van der Waals surface area (Å²) in [6, 6.07) is 20.5. The van der Waals surface area contributed by atoms with Gasteiger partial charge in [-0.1, -0.05) is 42.5 Å². The van der Waals surface area contributed by atoms with Crippen LogP contribution in [0.3, 0.4) is 0 Å². The summed E-state index contributed by atoms with van der Waals surface area (Å²) in [6.07, 6.45) is 0. The first-order chi connectivity index (χ1) is 14.0. The third-order valence-electron chi connectivity index (χ3n) is 4.34. The zero-order chi connectivity index (χ0) is 20.8. The zero-order valence-corrected chi connectivity index (χ0v) is 15.7. The Kier molecular flexibility index (Phi) is 5.99. The van der Waals surface area contributed by atoms with E-state index in [0.29, 0.717) is 22.4 Å². The second-order valence-corrected chi connectivity index (χ2v) is 6.43. The van der Waals surface area contributed by atoms with Crippen LogP contribution in [0.4, 0.5) is 11.4 Å². The van der Waals surface area contributed by atoms with Crippen LogP contribution in [-0.2, 0) is 6.54 Å². The highest BCUT2D eigenvalue weighted by atomic mass is 16.6. The molecule has 0 spiro atoms. The van der Waals surface area contributed by atoms with Gasteiger partial charge in [-0.15, -0.1) is 0 Å². The van der Waals surface area contributed by atoms with Crippen molar-refractivity contribution in [1.29, 1.82) is 0 Å². The van der Waals surface area contributed by atoms with E-state index in [4.69, 9.17) is 0 Å². The van der Waals surface area contributed by atoms with Crippen molar-refractivity contribution in [3.8, 4) is 0 Å². The maximum Gasteiger partial charge on any atom is 0.285 e. The van der Waals surface area contributed by atoms with E-state index in [1.165, 1.54) is 6.07 Å². The lowest BCUT2D eigenvalue weighted by atomic mass is 10.1. The molecule has 2 N–H and O–H groups in total. The summed E-state index contributed by atoms with van der Waals surface area (Å²) in [6.45, 7) is 1.72. The van der Waals surface area contributed by atoms with E-state index in [-0.39, 0.29) is 23.7 Å². The van der Waals surface area contributed by atoms with Crippen molar-refractivity contribution in [1.82, 2.24) is 5.32 Å². The van der Waals surface area contributed by atoms with Gasteiger partial charge < -0.3 is 10.6 Å². The average molecular weight is 389 g/mol. The fraction of sp³-hybridized carbons (Fsp3) is 0.0909. The van der Waals surface area contributed by atoms with Gasteiger partial charge in [0.05, 0.1) is 4.92 Å². The van der Waals surface area contributed by atoms with Crippen LogP contribution >= 0.6 is 0 Å². The Bertz CT molecular complexity index is 1060. The Hall–Kier alpha value is -4.00. The van der Waals surface area contributed by atoms with Crippen molar-refractivity contribution in [3.63, 3.8) is 0 Å². The van der Waals surface area contributed by atoms with Gasteiger partial charge in [-0.25, -0.2) is 0 Å². The number of para-hydroxylation sites is 2. The van der Waals surface area contributed by atoms with Crippen LogP contribution in [0.25, 0.3) is 0 Å². The second-order valence-electron chi connectivity index (χ2n) is 6.43. The van der Waals surface area contributed by atoms with Crippen molar-refractivity contribution in [2.75, 3.05) is 5.32 Å². The first-order valence-electron chi connectivity index (χ1n) is 8.93. The fourth-order valence-corrected chi connectivity index (χ4v) is 2.91. The number of hydrogen-bond acceptors (Lipinski definition) is 4. The van der Waals surface area contributed by atoms with E-state index in [0.717, 1.165) is 0 Å². The number of hydrogen-bond donors (Lipinski definition) is 2. The van der Waals surface area contributed by atoms with Gasteiger partial charge in [0.25, 0.3) is 17.5 Å². The lowest BCUT2D eigenvalue weighted by Gasteiger charge is -2.09. The van der Waals surface area contributed by atoms with Gasteiger partial charge in [-0.3, -0.25) is 19.7 Å². The zero-order valence-electron chi connectivity index (χ0n) is 15.7. The Morgan fingerprint density at radius 1 is 0.931 bits per heavy atom. The van der Waals surface area contributed by atoms with Crippen LogP contribution in [0.2, 0.25) is 0 Å². The highest BCUT2D eigenvalue weighted by Gasteiger charge is 2.22. The number of amides is 2. The quantitative estimate of drug-likeness (QED) is 0.490. The van der Waals surface area contributed by atoms with Crippen molar-refractivity contribution < 1.29 is 14.5 Å². The number of benzene rings is 3. The van der Waals surface area contributed by atoms with Gasteiger partial charge in [-0.05, 0) is 42.8 Å². The number of rotatable bonds is 6. The molecule has 0 aliphatic carbocycles. The Balaban J connectivity index is 1.70. The van der Waals surface area contributed by atoms with E-state index in [1.54, 1.807) is 55.5 Å². The van der Waals surface area contributed by atoms with Crippen molar-refractivity contribution in [2.24, 2.45) is 0 Å².